The van der Waals surface area contributed by atoms with Gasteiger partial charge in [0.25, 0.3) is 0 Å². The van der Waals surface area contributed by atoms with Crippen molar-refractivity contribution in [3.05, 3.63) is 279 Å². The maximum absolute atomic E-state index is 2.50. The third-order valence-corrected chi connectivity index (χ3v) is 14.0. The molecule has 0 fully saturated rings. The second kappa shape index (κ2) is 17.4. The third-order valence-electron chi connectivity index (χ3n) is 14.0. The van der Waals surface area contributed by atoms with E-state index in [1.807, 2.05) is 0 Å². The molecule has 0 saturated heterocycles. The van der Waals surface area contributed by atoms with Crippen molar-refractivity contribution < 1.29 is 0 Å². The number of nitrogens with zero attached hydrogens (tertiary/aromatic N) is 2. The Labute approximate surface area is 408 Å². The summed E-state index contributed by atoms with van der Waals surface area (Å²) in [5.74, 6) is 0. The first-order valence-electron chi connectivity index (χ1n) is 24.1. The molecule has 13 aromatic rings. The highest BCUT2D eigenvalue weighted by molar-refractivity contribution is 6.24. The number of hydrogen-bond acceptors (Lipinski definition) is 1. The fourth-order valence-electron chi connectivity index (χ4n) is 10.7. The van der Waals surface area contributed by atoms with Gasteiger partial charge < -0.3 is 9.30 Å². The van der Waals surface area contributed by atoms with Gasteiger partial charge in [0, 0.05) is 38.8 Å². The van der Waals surface area contributed by atoms with E-state index in [0.717, 1.165) is 17.1 Å². The van der Waals surface area contributed by atoms with Crippen molar-refractivity contribution in [3.63, 3.8) is 0 Å². The van der Waals surface area contributed by atoms with Gasteiger partial charge in [-0.3, -0.25) is 0 Å². The standard InChI is InChI=1S/C68H46N2/c1-4-17-47(18-5-1)49-35-41-55(42-36-49)69(57-45-39-52(40-46-57)59-24-11-10-23-58(59)51-19-6-2-7-20-51)56-43-37-50(38-44-56)48-31-33-53(34-32-48)60-28-16-30-65-67(60)66(54-21-8-3-9-22-54)68-63-27-13-12-25-61(63)62-26-14-15-29-64(62)70(65)68/h1-46H. The number of anilines is 3. The molecular weight excluding hydrogens is 845 g/mol. The number of fused-ring (bicyclic) bond motifs is 8. The minimum Gasteiger partial charge on any atom is -0.311 e. The van der Waals surface area contributed by atoms with Gasteiger partial charge in [-0.05, 0) is 115 Å². The van der Waals surface area contributed by atoms with E-state index in [1.54, 1.807) is 0 Å². The molecule has 2 heteroatoms. The SMILES string of the molecule is c1ccc(-c2ccc(N(c3ccc(-c4ccc(-c5cccc6c5c(-c5ccccc5)c5c7ccccc7c7ccccc7n65)cc4)cc3)c3ccc(-c4ccccc4-c4ccccc4)cc3)cc2)cc1. The van der Waals surface area contributed by atoms with Crippen LogP contribution in [0.15, 0.2) is 279 Å². The topological polar surface area (TPSA) is 7.65 Å². The molecule has 11 aromatic carbocycles. The average molecular weight is 891 g/mol. The molecular formula is C68H46N2. The van der Waals surface area contributed by atoms with Gasteiger partial charge in [-0.1, -0.05) is 231 Å². The Balaban J connectivity index is 0.879. The number of rotatable bonds is 9. The Morgan fingerprint density at radius 3 is 1.16 bits per heavy atom. The number of hydrogen-bond donors (Lipinski definition) is 0. The molecule has 0 radical (unpaired) electrons. The molecule has 0 amide bonds. The van der Waals surface area contributed by atoms with Crippen LogP contribution in [0.4, 0.5) is 17.1 Å². The Hall–Kier alpha value is -9.24. The number of benzene rings is 11. The zero-order chi connectivity index (χ0) is 46.4. The molecule has 0 spiro atoms. The highest BCUT2D eigenvalue weighted by Gasteiger charge is 2.22. The van der Waals surface area contributed by atoms with Crippen molar-refractivity contribution in [1.29, 1.82) is 0 Å². The van der Waals surface area contributed by atoms with Gasteiger partial charge in [0.05, 0.1) is 16.6 Å². The minimum absolute atomic E-state index is 1.09. The average Bonchev–Trinajstić information content (AvgIpc) is 3.81. The first-order valence-corrected chi connectivity index (χ1v) is 24.1. The first kappa shape index (κ1) is 41.0. The minimum atomic E-state index is 1.09. The van der Waals surface area contributed by atoms with Crippen LogP contribution in [0.1, 0.15) is 0 Å². The van der Waals surface area contributed by atoms with Crippen LogP contribution in [0, 0.1) is 0 Å². The van der Waals surface area contributed by atoms with E-state index in [1.165, 1.54) is 105 Å². The number of para-hydroxylation sites is 1. The molecule has 0 aliphatic carbocycles. The van der Waals surface area contributed by atoms with E-state index in [2.05, 4.69) is 288 Å². The van der Waals surface area contributed by atoms with Crippen molar-refractivity contribution >= 4 is 55.2 Å². The monoisotopic (exact) mass is 890 g/mol. The van der Waals surface area contributed by atoms with Gasteiger partial charge in [-0.2, -0.15) is 0 Å². The second-order valence-electron chi connectivity index (χ2n) is 18.0. The highest BCUT2D eigenvalue weighted by atomic mass is 15.1. The third kappa shape index (κ3) is 7.13. The fourth-order valence-corrected chi connectivity index (χ4v) is 10.7. The predicted molar refractivity (Wildman–Crippen MR) is 297 cm³/mol. The smallest absolute Gasteiger partial charge is 0.0626 e. The molecule has 2 heterocycles. The van der Waals surface area contributed by atoms with E-state index in [-0.39, 0.29) is 0 Å². The van der Waals surface area contributed by atoms with Crippen LogP contribution in [0.3, 0.4) is 0 Å². The van der Waals surface area contributed by atoms with E-state index >= 15 is 0 Å². The van der Waals surface area contributed by atoms with E-state index in [0.29, 0.717) is 0 Å². The van der Waals surface area contributed by atoms with E-state index in [9.17, 15) is 0 Å². The maximum atomic E-state index is 2.50. The molecule has 13 rings (SSSR count). The highest BCUT2D eigenvalue weighted by Crippen LogP contribution is 2.46. The summed E-state index contributed by atoms with van der Waals surface area (Å²) in [6.45, 7) is 0. The lowest BCUT2D eigenvalue weighted by atomic mass is 9.93. The van der Waals surface area contributed by atoms with Crippen LogP contribution in [0.5, 0.6) is 0 Å². The summed E-state index contributed by atoms with van der Waals surface area (Å²) in [5.41, 5.74) is 21.4. The van der Waals surface area contributed by atoms with Crippen molar-refractivity contribution in [2.45, 2.75) is 0 Å². The van der Waals surface area contributed by atoms with Crippen molar-refractivity contribution in [3.8, 4) is 66.8 Å². The van der Waals surface area contributed by atoms with Crippen LogP contribution < -0.4 is 4.90 Å². The Bertz CT molecular complexity index is 3990. The van der Waals surface area contributed by atoms with Crippen LogP contribution in [0.2, 0.25) is 0 Å². The zero-order valence-electron chi connectivity index (χ0n) is 38.5. The molecule has 328 valence electrons. The van der Waals surface area contributed by atoms with E-state index in [4.69, 9.17) is 0 Å². The molecule has 0 aliphatic heterocycles. The molecule has 0 saturated carbocycles. The van der Waals surface area contributed by atoms with Crippen molar-refractivity contribution in [2.24, 2.45) is 0 Å². The van der Waals surface area contributed by atoms with Crippen LogP contribution in [-0.2, 0) is 0 Å². The molecule has 0 atom stereocenters. The summed E-state index contributed by atoms with van der Waals surface area (Å²) in [7, 11) is 0. The van der Waals surface area contributed by atoms with Gasteiger partial charge in [0.15, 0.2) is 0 Å². The lowest BCUT2D eigenvalue weighted by Gasteiger charge is -2.26. The van der Waals surface area contributed by atoms with Gasteiger partial charge in [0.2, 0.25) is 0 Å². The summed E-state index contributed by atoms with van der Waals surface area (Å²) in [6, 6.07) is 101. The van der Waals surface area contributed by atoms with Gasteiger partial charge in [0.1, 0.15) is 0 Å². The fraction of sp³-hybridized carbons (Fsp3) is 0. The molecule has 2 nitrogen and oxygen atoms in total. The molecule has 70 heavy (non-hydrogen) atoms. The van der Waals surface area contributed by atoms with Gasteiger partial charge in [-0.25, -0.2) is 0 Å². The lowest BCUT2D eigenvalue weighted by Crippen LogP contribution is -2.09. The summed E-state index contributed by atoms with van der Waals surface area (Å²) in [5, 5.41) is 5.04. The van der Waals surface area contributed by atoms with E-state index < -0.39 is 0 Å². The summed E-state index contributed by atoms with van der Waals surface area (Å²) >= 11 is 0. The quantitative estimate of drug-likeness (QED) is 0.131. The number of aromatic nitrogens is 1. The second-order valence-corrected chi connectivity index (χ2v) is 18.0. The zero-order valence-corrected chi connectivity index (χ0v) is 38.5. The predicted octanol–water partition coefficient (Wildman–Crippen LogP) is 18.9. The van der Waals surface area contributed by atoms with Crippen LogP contribution in [-0.4, -0.2) is 4.40 Å². The molecule has 0 N–H and O–H groups in total. The first-order chi connectivity index (χ1) is 34.7. The van der Waals surface area contributed by atoms with Crippen LogP contribution in [0.25, 0.3) is 105 Å². The summed E-state index contributed by atoms with van der Waals surface area (Å²) < 4.78 is 2.50. The van der Waals surface area contributed by atoms with Crippen molar-refractivity contribution in [2.75, 3.05) is 4.90 Å². The molecule has 0 bridgehead atoms. The Morgan fingerprint density at radius 2 is 0.586 bits per heavy atom. The lowest BCUT2D eigenvalue weighted by molar-refractivity contribution is 1.28. The summed E-state index contributed by atoms with van der Waals surface area (Å²) in [4.78, 5) is 2.35. The van der Waals surface area contributed by atoms with Gasteiger partial charge >= 0.3 is 0 Å². The maximum Gasteiger partial charge on any atom is 0.0626 e. The number of pyridine rings is 1. The molecule has 0 unspecified atom stereocenters. The summed E-state index contributed by atoms with van der Waals surface area (Å²) in [6.07, 6.45) is 0. The van der Waals surface area contributed by atoms with Crippen LogP contribution >= 0.6 is 0 Å². The largest absolute Gasteiger partial charge is 0.311 e. The van der Waals surface area contributed by atoms with Gasteiger partial charge in [-0.15, -0.1) is 0 Å². The Morgan fingerprint density at radius 1 is 0.229 bits per heavy atom. The Kier molecular flexibility index (Phi) is 10.2. The molecule has 0 aliphatic rings. The molecule has 2 aromatic heterocycles. The van der Waals surface area contributed by atoms with Crippen molar-refractivity contribution in [1.82, 2.24) is 4.40 Å². The normalized spacial score (nSPS) is 11.4.